The van der Waals surface area contributed by atoms with E-state index >= 15 is 0 Å². The first-order valence-corrected chi connectivity index (χ1v) is 17.9. The van der Waals surface area contributed by atoms with Crippen molar-refractivity contribution in [3.63, 3.8) is 0 Å². The molecule has 45 heavy (non-hydrogen) atoms. The minimum atomic E-state index is -0.884. The van der Waals surface area contributed by atoms with Gasteiger partial charge in [0, 0.05) is 19.3 Å². The molecule has 0 aromatic heterocycles. The molecule has 2 atom stereocenters. The van der Waals surface area contributed by atoms with Crippen LogP contribution in [0.3, 0.4) is 0 Å². The molecule has 0 saturated heterocycles. The van der Waals surface area contributed by atoms with E-state index in [-0.39, 0.29) is 42.7 Å². The van der Waals surface area contributed by atoms with Crippen LogP contribution in [-0.4, -0.2) is 80.6 Å². The van der Waals surface area contributed by atoms with Crippen molar-refractivity contribution in [2.24, 2.45) is 0 Å². The molecule has 0 aliphatic rings. The largest absolute Gasteiger partial charge is 0.477 e. The third-order valence-corrected chi connectivity index (χ3v) is 7.88. The third-order valence-electron chi connectivity index (χ3n) is 7.88. The second-order valence-corrected chi connectivity index (χ2v) is 13.1. The predicted octanol–water partition coefficient (Wildman–Crippen LogP) is 8.57. The number of carboxylic acids is 1. The van der Waals surface area contributed by atoms with Crippen molar-refractivity contribution in [1.29, 1.82) is 0 Å². The fraction of sp³-hybridized carbons (Fsp3) is 0.811. The average Bonchev–Trinajstić information content (AvgIpc) is 2.98. The van der Waals surface area contributed by atoms with Gasteiger partial charge in [-0.2, -0.15) is 0 Å². The van der Waals surface area contributed by atoms with Crippen LogP contribution >= 0.6 is 0 Å². The van der Waals surface area contributed by atoms with E-state index in [2.05, 4.69) is 26.0 Å². The van der Waals surface area contributed by atoms with E-state index in [0.717, 1.165) is 32.1 Å². The van der Waals surface area contributed by atoms with Gasteiger partial charge in [0.05, 0.1) is 34.4 Å². The first kappa shape index (κ1) is 42.8. The Hall–Kier alpha value is -2.19. The number of carbonyl (C=O) groups excluding carboxylic acids is 2. The van der Waals surface area contributed by atoms with Crippen molar-refractivity contribution in [3.8, 4) is 0 Å². The number of likely N-dealkylation sites (N-methyl/N-ethyl adjacent to an activating group) is 1. The van der Waals surface area contributed by atoms with Gasteiger partial charge in [0.1, 0.15) is 6.61 Å². The van der Waals surface area contributed by atoms with Gasteiger partial charge < -0.3 is 23.8 Å². The van der Waals surface area contributed by atoms with Crippen molar-refractivity contribution in [2.45, 2.75) is 154 Å². The molecular formula is C37H68NO7+. The van der Waals surface area contributed by atoms with Crippen LogP contribution in [0.25, 0.3) is 0 Å². The topological polar surface area (TPSA) is 99.1 Å². The average molecular weight is 639 g/mol. The molecule has 2 unspecified atom stereocenters. The van der Waals surface area contributed by atoms with E-state index in [1.54, 1.807) is 0 Å². The summed E-state index contributed by atoms with van der Waals surface area (Å²) >= 11 is 0. The van der Waals surface area contributed by atoms with E-state index in [4.69, 9.17) is 14.2 Å². The summed E-state index contributed by atoms with van der Waals surface area (Å²) in [6.07, 6.45) is 28.3. The zero-order chi connectivity index (χ0) is 33.6. The first-order valence-electron chi connectivity index (χ1n) is 17.9. The number of nitrogens with zero attached hydrogens (tertiary/aromatic N) is 1. The van der Waals surface area contributed by atoms with E-state index in [1.165, 1.54) is 70.6 Å². The van der Waals surface area contributed by atoms with Gasteiger partial charge in [-0.15, -0.1) is 0 Å². The van der Waals surface area contributed by atoms with Crippen LogP contribution in [0, 0.1) is 0 Å². The maximum atomic E-state index is 12.5. The summed E-state index contributed by atoms with van der Waals surface area (Å²) in [4.78, 5) is 36.5. The lowest BCUT2D eigenvalue weighted by Crippen LogP contribution is -2.50. The lowest BCUT2D eigenvalue weighted by Gasteiger charge is -2.31. The Morgan fingerprint density at radius 3 is 1.78 bits per heavy atom. The van der Waals surface area contributed by atoms with Crippen LogP contribution < -0.4 is 0 Å². The summed E-state index contributed by atoms with van der Waals surface area (Å²) in [6, 6.07) is -0.618. The van der Waals surface area contributed by atoms with Gasteiger partial charge in [-0.25, -0.2) is 4.79 Å². The molecule has 0 aromatic carbocycles. The predicted molar refractivity (Wildman–Crippen MR) is 183 cm³/mol. The zero-order valence-corrected chi connectivity index (χ0v) is 29.6. The molecule has 1 N–H and O–H groups in total. The number of esters is 2. The van der Waals surface area contributed by atoms with Crippen molar-refractivity contribution in [1.82, 2.24) is 0 Å². The second-order valence-electron chi connectivity index (χ2n) is 13.1. The van der Waals surface area contributed by atoms with Gasteiger partial charge in [0.25, 0.3) is 0 Å². The van der Waals surface area contributed by atoms with Crippen molar-refractivity contribution in [3.05, 3.63) is 24.3 Å². The van der Waals surface area contributed by atoms with Crippen LogP contribution in [-0.2, 0) is 28.6 Å². The number of carboxylic acid groups (broad SMARTS) is 1. The van der Waals surface area contributed by atoms with E-state index in [0.29, 0.717) is 19.3 Å². The second kappa shape index (κ2) is 29.2. The molecule has 0 aliphatic carbocycles. The summed E-state index contributed by atoms with van der Waals surface area (Å²) in [5, 5.41) is 9.54. The standard InChI is InChI=1S/C37H67NO7/c1-6-8-10-12-14-15-16-17-18-19-20-22-23-25-27-35(39)44-32-33(31-43-30-29-34(37(41)42)38(3,4)5)45-36(40)28-26-24-21-13-11-9-7-2/h9,11,21,24,33-34H,6-8,10,12-20,22-23,25-32H2,1-5H3/p+1/b11-9+,24-21+. The molecule has 0 fully saturated rings. The van der Waals surface area contributed by atoms with Crippen LogP contribution in [0.5, 0.6) is 0 Å². The number of unbranched alkanes of at least 4 members (excludes halogenated alkanes) is 13. The lowest BCUT2D eigenvalue weighted by molar-refractivity contribution is -0.887. The highest BCUT2D eigenvalue weighted by atomic mass is 16.6. The van der Waals surface area contributed by atoms with Crippen LogP contribution in [0.1, 0.15) is 142 Å². The number of quaternary nitrogens is 1. The number of carbonyl (C=O) groups is 3. The Kier molecular flexibility index (Phi) is 27.8. The van der Waals surface area contributed by atoms with Crippen LogP contribution in [0.2, 0.25) is 0 Å². The molecule has 262 valence electrons. The van der Waals surface area contributed by atoms with Gasteiger partial charge in [-0.1, -0.05) is 122 Å². The number of hydrogen-bond donors (Lipinski definition) is 1. The number of ether oxygens (including phenoxy) is 3. The van der Waals surface area contributed by atoms with E-state index in [9.17, 15) is 19.5 Å². The molecule has 0 aromatic rings. The smallest absolute Gasteiger partial charge is 0.362 e. The van der Waals surface area contributed by atoms with Gasteiger partial charge in [0.15, 0.2) is 12.1 Å². The van der Waals surface area contributed by atoms with Gasteiger partial charge in [-0.05, 0) is 25.7 Å². The van der Waals surface area contributed by atoms with Crippen molar-refractivity contribution < 1.29 is 38.2 Å². The third kappa shape index (κ3) is 27.8. The zero-order valence-electron chi connectivity index (χ0n) is 29.6. The summed E-state index contributed by atoms with van der Waals surface area (Å²) in [5.41, 5.74) is 0. The number of rotatable bonds is 31. The Labute approximate surface area is 275 Å². The molecule has 0 bridgehead atoms. The van der Waals surface area contributed by atoms with Crippen molar-refractivity contribution >= 4 is 17.9 Å². The highest BCUT2D eigenvalue weighted by Gasteiger charge is 2.31. The quantitative estimate of drug-likeness (QED) is 0.0351. The van der Waals surface area contributed by atoms with E-state index in [1.807, 2.05) is 33.3 Å². The van der Waals surface area contributed by atoms with E-state index < -0.39 is 18.1 Å². The number of allylic oxidation sites excluding steroid dienone is 4. The maximum Gasteiger partial charge on any atom is 0.362 e. The summed E-state index contributed by atoms with van der Waals surface area (Å²) in [7, 11) is 5.49. The summed E-state index contributed by atoms with van der Waals surface area (Å²) in [5.74, 6) is -1.56. The molecule has 0 aliphatic heterocycles. The van der Waals surface area contributed by atoms with Gasteiger partial charge >= 0.3 is 17.9 Å². The minimum absolute atomic E-state index is 0.0407. The molecule has 8 heteroatoms. The molecule has 0 spiro atoms. The Morgan fingerprint density at radius 1 is 0.689 bits per heavy atom. The Balaban J connectivity index is 4.38. The fourth-order valence-corrected chi connectivity index (χ4v) is 5.09. The molecular weight excluding hydrogens is 570 g/mol. The fourth-order valence-electron chi connectivity index (χ4n) is 5.09. The first-order chi connectivity index (χ1) is 21.6. The monoisotopic (exact) mass is 638 g/mol. The van der Waals surface area contributed by atoms with Crippen molar-refractivity contribution in [2.75, 3.05) is 41.0 Å². The molecule has 0 rings (SSSR count). The molecule has 0 heterocycles. The maximum absolute atomic E-state index is 12.5. The van der Waals surface area contributed by atoms with Gasteiger partial charge in [0.2, 0.25) is 0 Å². The molecule has 8 nitrogen and oxygen atoms in total. The summed E-state index contributed by atoms with van der Waals surface area (Å²) in [6.45, 7) is 4.51. The normalized spacial score (nSPS) is 13.4. The SMILES string of the molecule is CC/C=C/C/C=C/CCC(=O)OC(COCCC(C(=O)O)[N+](C)(C)C)COC(=O)CCCCCCCCCCCCCCCC. The molecule has 0 amide bonds. The minimum Gasteiger partial charge on any atom is -0.477 e. The summed E-state index contributed by atoms with van der Waals surface area (Å²) < 4.78 is 17.0. The molecule has 0 radical (unpaired) electrons. The van der Waals surface area contributed by atoms with Gasteiger partial charge in [-0.3, -0.25) is 9.59 Å². The lowest BCUT2D eigenvalue weighted by atomic mass is 10.0. The highest BCUT2D eigenvalue weighted by Crippen LogP contribution is 2.14. The van der Waals surface area contributed by atoms with Crippen LogP contribution in [0.15, 0.2) is 24.3 Å². The number of aliphatic carboxylic acids is 1. The number of hydrogen-bond acceptors (Lipinski definition) is 6. The molecule has 0 saturated carbocycles. The van der Waals surface area contributed by atoms with Crippen LogP contribution in [0.4, 0.5) is 0 Å². The Bertz CT molecular complexity index is 803. The Morgan fingerprint density at radius 2 is 1.24 bits per heavy atom. The highest BCUT2D eigenvalue weighted by molar-refractivity contribution is 5.72.